The number of allylic oxidation sites excluding steroid dienone is 3. The first-order valence-corrected chi connectivity index (χ1v) is 9.19. The predicted molar refractivity (Wildman–Crippen MR) is 105 cm³/mol. The summed E-state index contributed by atoms with van der Waals surface area (Å²) in [5, 5.41) is 3.78. The molecule has 0 atom stereocenters. The standard InChI is InChI=1S/C22H23F3N2O/c1-14-10-15(12-21(2,3)22(23,24)25)8-9-18(14)20(28)27-17-11-16-6-4-5-7-19(16)26-13-17/h4-7,10-11,13H,8-9,12H2,1-3H3,(H,27,28). The number of aromatic nitrogens is 1. The van der Waals surface area contributed by atoms with Gasteiger partial charge in [-0.1, -0.05) is 43.7 Å². The minimum absolute atomic E-state index is 0.0582. The van der Waals surface area contributed by atoms with Gasteiger partial charge in [-0.15, -0.1) is 0 Å². The second-order valence-corrected chi connectivity index (χ2v) is 7.89. The highest BCUT2D eigenvalue weighted by molar-refractivity contribution is 6.05. The number of nitrogens with zero attached hydrogens (tertiary/aromatic N) is 1. The highest BCUT2D eigenvalue weighted by Crippen LogP contribution is 2.44. The highest BCUT2D eigenvalue weighted by Gasteiger charge is 2.47. The number of carbonyl (C=O) groups excluding carboxylic acids is 1. The molecule has 0 saturated carbocycles. The fourth-order valence-corrected chi connectivity index (χ4v) is 3.39. The lowest BCUT2D eigenvalue weighted by molar-refractivity contribution is -0.211. The fraction of sp³-hybridized carbons (Fsp3) is 0.364. The lowest BCUT2D eigenvalue weighted by atomic mass is 9.80. The number of anilines is 1. The number of fused-ring (bicyclic) bond motifs is 1. The number of carbonyl (C=O) groups is 1. The van der Waals surface area contributed by atoms with Crippen LogP contribution in [0.2, 0.25) is 0 Å². The third kappa shape index (κ3) is 4.26. The average molecular weight is 388 g/mol. The van der Waals surface area contributed by atoms with E-state index < -0.39 is 11.6 Å². The molecule has 0 unspecified atom stereocenters. The van der Waals surface area contributed by atoms with Gasteiger partial charge < -0.3 is 5.32 Å². The van der Waals surface area contributed by atoms with E-state index in [0.29, 0.717) is 29.7 Å². The molecule has 148 valence electrons. The number of hydrogen-bond donors (Lipinski definition) is 1. The van der Waals surface area contributed by atoms with Crippen molar-refractivity contribution in [1.82, 2.24) is 4.98 Å². The van der Waals surface area contributed by atoms with Crippen molar-refractivity contribution in [2.75, 3.05) is 5.32 Å². The molecule has 0 spiro atoms. The Morgan fingerprint density at radius 2 is 1.89 bits per heavy atom. The van der Waals surface area contributed by atoms with Crippen molar-refractivity contribution in [3.05, 3.63) is 59.3 Å². The van der Waals surface area contributed by atoms with Gasteiger partial charge in [-0.25, -0.2) is 0 Å². The van der Waals surface area contributed by atoms with Crippen molar-refractivity contribution >= 4 is 22.5 Å². The van der Waals surface area contributed by atoms with E-state index in [9.17, 15) is 18.0 Å². The third-order valence-corrected chi connectivity index (χ3v) is 5.15. The van der Waals surface area contributed by atoms with Crippen LogP contribution in [0.3, 0.4) is 0 Å². The molecule has 1 N–H and O–H groups in total. The third-order valence-electron chi connectivity index (χ3n) is 5.15. The monoisotopic (exact) mass is 388 g/mol. The zero-order chi connectivity index (χ0) is 20.5. The molecule has 2 aromatic rings. The van der Waals surface area contributed by atoms with Gasteiger partial charge in [0.05, 0.1) is 22.8 Å². The Hall–Kier alpha value is -2.63. The predicted octanol–water partition coefficient (Wildman–Crippen LogP) is 6.19. The number of hydrogen-bond acceptors (Lipinski definition) is 2. The molecule has 0 aliphatic heterocycles. The zero-order valence-corrected chi connectivity index (χ0v) is 16.2. The largest absolute Gasteiger partial charge is 0.394 e. The molecule has 0 radical (unpaired) electrons. The second kappa shape index (κ2) is 7.41. The quantitative estimate of drug-likeness (QED) is 0.679. The van der Waals surface area contributed by atoms with E-state index in [1.165, 1.54) is 13.8 Å². The first kappa shape index (κ1) is 20.1. The summed E-state index contributed by atoms with van der Waals surface area (Å²) in [4.78, 5) is 17.0. The van der Waals surface area contributed by atoms with Gasteiger partial charge in [-0.3, -0.25) is 9.78 Å². The molecule has 28 heavy (non-hydrogen) atoms. The lowest BCUT2D eigenvalue weighted by Gasteiger charge is -2.30. The van der Waals surface area contributed by atoms with E-state index in [2.05, 4.69) is 10.3 Å². The normalized spacial score (nSPS) is 15.6. The molecule has 1 aromatic heterocycles. The van der Waals surface area contributed by atoms with Crippen LogP contribution in [0.5, 0.6) is 0 Å². The number of pyridine rings is 1. The minimum atomic E-state index is -4.26. The van der Waals surface area contributed by atoms with E-state index in [-0.39, 0.29) is 12.3 Å². The van der Waals surface area contributed by atoms with Gasteiger partial charge in [0.15, 0.2) is 0 Å². The van der Waals surface area contributed by atoms with Crippen molar-refractivity contribution in [3.8, 4) is 0 Å². The highest BCUT2D eigenvalue weighted by atomic mass is 19.4. The van der Waals surface area contributed by atoms with Gasteiger partial charge in [0.25, 0.3) is 5.91 Å². The topological polar surface area (TPSA) is 42.0 Å². The summed E-state index contributed by atoms with van der Waals surface area (Å²) in [6.07, 6.45) is -0.103. The van der Waals surface area contributed by atoms with Gasteiger partial charge in [0, 0.05) is 11.0 Å². The number of alkyl halides is 3. The van der Waals surface area contributed by atoms with Gasteiger partial charge in [-0.2, -0.15) is 13.2 Å². The van der Waals surface area contributed by atoms with Crippen LogP contribution in [0, 0.1) is 5.41 Å². The Morgan fingerprint density at radius 1 is 1.18 bits per heavy atom. The molecule has 1 aliphatic carbocycles. The summed E-state index contributed by atoms with van der Waals surface area (Å²) in [5.41, 5.74) is 1.69. The van der Waals surface area contributed by atoms with Gasteiger partial charge >= 0.3 is 6.18 Å². The van der Waals surface area contributed by atoms with Crippen molar-refractivity contribution in [2.24, 2.45) is 5.41 Å². The second-order valence-electron chi connectivity index (χ2n) is 7.89. The fourth-order valence-electron chi connectivity index (χ4n) is 3.39. The van der Waals surface area contributed by atoms with Crippen molar-refractivity contribution < 1.29 is 18.0 Å². The summed E-state index contributed by atoms with van der Waals surface area (Å²) < 4.78 is 39.4. The minimum Gasteiger partial charge on any atom is -0.321 e. The summed E-state index contributed by atoms with van der Waals surface area (Å²) in [6, 6.07) is 9.46. The first-order chi connectivity index (χ1) is 13.1. The Kier molecular flexibility index (Phi) is 5.33. The Balaban J connectivity index is 1.75. The number of halogens is 3. The molecule has 3 nitrogen and oxygen atoms in total. The SMILES string of the molecule is CC1=C(C(=O)Nc2cnc3ccccc3c2)CCC(CC(C)(C)C(F)(F)F)=C1. The average Bonchev–Trinajstić information content (AvgIpc) is 2.60. The maximum atomic E-state index is 13.1. The van der Waals surface area contributed by atoms with Crippen LogP contribution in [-0.4, -0.2) is 17.1 Å². The van der Waals surface area contributed by atoms with Crippen LogP contribution in [0.25, 0.3) is 10.9 Å². The van der Waals surface area contributed by atoms with Crippen molar-refractivity contribution in [1.29, 1.82) is 0 Å². The lowest BCUT2D eigenvalue weighted by Crippen LogP contribution is -2.32. The van der Waals surface area contributed by atoms with Gasteiger partial charge in [-0.05, 0) is 43.9 Å². The van der Waals surface area contributed by atoms with Gasteiger partial charge in [0.1, 0.15) is 0 Å². The molecule has 1 heterocycles. The van der Waals surface area contributed by atoms with Crippen LogP contribution in [0.4, 0.5) is 18.9 Å². The summed E-state index contributed by atoms with van der Waals surface area (Å²) in [6.45, 7) is 4.19. The number of amides is 1. The Labute approximate surface area is 162 Å². The van der Waals surface area contributed by atoms with Crippen LogP contribution < -0.4 is 5.32 Å². The van der Waals surface area contributed by atoms with Gasteiger partial charge in [0.2, 0.25) is 0 Å². The molecule has 0 fully saturated rings. The van der Waals surface area contributed by atoms with Crippen LogP contribution >= 0.6 is 0 Å². The van der Waals surface area contributed by atoms with E-state index in [1.807, 2.05) is 30.3 Å². The smallest absolute Gasteiger partial charge is 0.321 e. The Morgan fingerprint density at radius 3 is 2.57 bits per heavy atom. The zero-order valence-electron chi connectivity index (χ0n) is 16.2. The molecule has 1 amide bonds. The molecular formula is C22H23F3N2O. The molecule has 0 saturated heterocycles. The maximum absolute atomic E-state index is 13.1. The summed E-state index contributed by atoms with van der Waals surface area (Å²) >= 11 is 0. The summed E-state index contributed by atoms with van der Waals surface area (Å²) in [7, 11) is 0. The van der Waals surface area contributed by atoms with E-state index in [0.717, 1.165) is 16.5 Å². The molecule has 3 rings (SSSR count). The molecule has 1 aromatic carbocycles. The molecule has 6 heteroatoms. The number of para-hydroxylation sites is 1. The van der Waals surface area contributed by atoms with Crippen molar-refractivity contribution in [2.45, 2.75) is 46.2 Å². The maximum Gasteiger partial charge on any atom is 0.394 e. The first-order valence-electron chi connectivity index (χ1n) is 9.19. The van der Waals surface area contributed by atoms with Crippen LogP contribution in [-0.2, 0) is 4.79 Å². The molecular weight excluding hydrogens is 365 g/mol. The van der Waals surface area contributed by atoms with Crippen molar-refractivity contribution in [3.63, 3.8) is 0 Å². The number of rotatable bonds is 4. The molecule has 0 bridgehead atoms. The van der Waals surface area contributed by atoms with E-state index >= 15 is 0 Å². The van der Waals surface area contributed by atoms with Crippen LogP contribution in [0.1, 0.15) is 40.0 Å². The Bertz CT molecular complexity index is 971. The molecule has 1 aliphatic rings. The number of nitrogens with one attached hydrogen (secondary N) is 1. The van der Waals surface area contributed by atoms with E-state index in [1.54, 1.807) is 19.2 Å². The van der Waals surface area contributed by atoms with E-state index in [4.69, 9.17) is 0 Å². The van der Waals surface area contributed by atoms with Crippen LogP contribution in [0.15, 0.2) is 59.3 Å². The number of benzene rings is 1. The summed E-state index contributed by atoms with van der Waals surface area (Å²) in [5.74, 6) is -0.236.